The fourth-order valence-electron chi connectivity index (χ4n) is 2.27. The van der Waals surface area contributed by atoms with Gasteiger partial charge in [-0.15, -0.1) is 12.4 Å². The van der Waals surface area contributed by atoms with Crippen molar-refractivity contribution in [2.24, 2.45) is 11.3 Å². The summed E-state index contributed by atoms with van der Waals surface area (Å²) in [4.78, 5) is 11.2. The number of ether oxygens (including phenoxy) is 1. The highest BCUT2D eigenvalue weighted by atomic mass is 35.5. The summed E-state index contributed by atoms with van der Waals surface area (Å²) >= 11 is 0. The van der Waals surface area contributed by atoms with Gasteiger partial charge in [0.15, 0.2) is 0 Å². The summed E-state index contributed by atoms with van der Waals surface area (Å²) in [7, 11) is 1.16. The van der Waals surface area contributed by atoms with Crippen molar-refractivity contribution in [3.8, 4) is 0 Å². The summed E-state index contributed by atoms with van der Waals surface area (Å²) in [6.07, 6.45) is 0.178. The van der Waals surface area contributed by atoms with Crippen molar-refractivity contribution in [3.05, 3.63) is 0 Å². The minimum absolute atomic E-state index is 0. The standard InChI is InChI=1S/C8H11F2NO2.ClH/c1-13-6(12)7-2-3-11-4-5(7)8(7,9)10;/h5,11H,2-4H2,1H3;1H. The number of rotatable bonds is 1. The quantitative estimate of drug-likeness (QED) is 0.675. The Hall–Kier alpha value is -0.420. The summed E-state index contributed by atoms with van der Waals surface area (Å²) in [6.45, 7) is 0.670. The van der Waals surface area contributed by atoms with Gasteiger partial charge < -0.3 is 10.1 Å². The van der Waals surface area contributed by atoms with E-state index in [4.69, 9.17) is 0 Å². The number of hydrogen-bond acceptors (Lipinski definition) is 3. The lowest BCUT2D eigenvalue weighted by Gasteiger charge is -2.18. The van der Waals surface area contributed by atoms with Gasteiger partial charge in [-0.25, -0.2) is 8.78 Å². The topological polar surface area (TPSA) is 38.3 Å². The zero-order valence-electron chi connectivity index (χ0n) is 7.68. The van der Waals surface area contributed by atoms with Gasteiger partial charge in [-0.05, 0) is 13.0 Å². The van der Waals surface area contributed by atoms with Gasteiger partial charge >= 0.3 is 5.97 Å². The number of piperidine rings is 1. The number of nitrogens with one attached hydrogen (secondary N) is 1. The van der Waals surface area contributed by atoms with Crippen molar-refractivity contribution in [2.75, 3.05) is 20.2 Å². The summed E-state index contributed by atoms with van der Waals surface area (Å²) < 4.78 is 30.9. The number of fused-ring (bicyclic) bond motifs is 1. The predicted octanol–water partition coefficient (Wildman–Crippen LogP) is 0.826. The third kappa shape index (κ3) is 1.08. The molecule has 0 bridgehead atoms. The molecule has 0 aromatic carbocycles. The van der Waals surface area contributed by atoms with Crippen molar-refractivity contribution >= 4 is 18.4 Å². The Morgan fingerprint density at radius 2 is 2.21 bits per heavy atom. The van der Waals surface area contributed by atoms with Crippen LogP contribution >= 0.6 is 12.4 Å². The van der Waals surface area contributed by atoms with E-state index >= 15 is 0 Å². The molecule has 0 aromatic rings. The maximum Gasteiger partial charge on any atom is 0.318 e. The van der Waals surface area contributed by atoms with Crippen LogP contribution in [0.1, 0.15) is 6.42 Å². The van der Waals surface area contributed by atoms with Gasteiger partial charge in [0.2, 0.25) is 0 Å². The molecule has 0 radical (unpaired) electrons. The van der Waals surface area contributed by atoms with Gasteiger partial charge in [-0.2, -0.15) is 0 Å². The van der Waals surface area contributed by atoms with E-state index in [1.54, 1.807) is 0 Å². The van der Waals surface area contributed by atoms with Crippen molar-refractivity contribution in [1.29, 1.82) is 0 Å². The van der Waals surface area contributed by atoms with Gasteiger partial charge in [0.25, 0.3) is 5.92 Å². The lowest BCUT2D eigenvalue weighted by molar-refractivity contribution is -0.152. The fourth-order valence-corrected chi connectivity index (χ4v) is 2.27. The summed E-state index contributed by atoms with van der Waals surface area (Å²) in [6, 6.07) is 0. The Morgan fingerprint density at radius 1 is 1.57 bits per heavy atom. The number of esters is 1. The molecular weight excluding hydrogens is 216 g/mol. The van der Waals surface area contributed by atoms with E-state index in [2.05, 4.69) is 10.1 Å². The molecule has 3 nitrogen and oxygen atoms in total. The highest BCUT2D eigenvalue weighted by Crippen LogP contribution is 2.69. The van der Waals surface area contributed by atoms with E-state index in [0.717, 1.165) is 7.11 Å². The van der Waals surface area contributed by atoms with E-state index < -0.39 is 23.2 Å². The molecule has 2 atom stereocenters. The second kappa shape index (κ2) is 3.31. The van der Waals surface area contributed by atoms with Gasteiger partial charge in [-0.3, -0.25) is 4.79 Å². The number of carbonyl (C=O) groups excluding carboxylic acids is 1. The molecule has 1 saturated heterocycles. The first-order valence-corrected chi connectivity index (χ1v) is 4.24. The summed E-state index contributed by atoms with van der Waals surface area (Å²) in [5.74, 6) is -4.49. The van der Waals surface area contributed by atoms with E-state index in [-0.39, 0.29) is 25.4 Å². The van der Waals surface area contributed by atoms with Crippen LogP contribution in [-0.2, 0) is 9.53 Å². The Kier molecular flexibility index (Phi) is 2.75. The molecule has 6 heteroatoms. The number of alkyl halides is 2. The van der Waals surface area contributed by atoms with Crippen LogP contribution < -0.4 is 5.32 Å². The number of halogens is 3. The Morgan fingerprint density at radius 3 is 2.71 bits per heavy atom. The fraction of sp³-hybridized carbons (Fsp3) is 0.875. The van der Waals surface area contributed by atoms with Crippen LogP contribution in [0.25, 0.3) is 0 Å². The Bertz CT molecular complexity index is 262. The van der Waals surface area contributed by atoms with Gasteiger partial charge in [0, 0.05) is 6.54 Å². The van der Waals surface area contributed by atoms with Crippen LogP contribution in [0.4, 0.5) is 8.78 Å². The molecule has 0 aromatic heterocycles. The van der Waals surface area contributed by atoms with Gasteiger partial charge in [0.05, 0.1) is 13.0 Å². The monoisotopic (exact) mass is 227 g/mol. The van der Waals surface area contributed by atoms with Crippen LogP contribution in [0.2, 0.25) is 0 Å². The number of methoxy groups -OCH3 is 1. The van der Waals surface area contributed by atoms with Gasteiger partial charge in [-0.1, -0.05) is 0 Å². The van der Waals surface area contributed by atoms with Crippen molar-refractivity contribution in [3.63, 3.8) is 0 Å². The van der Waals surface area contributed by atoms with Crippen molar-refractivity contribution in [1.82, 2.24) is 5.32 Å². The first kappa shape index (κ1) is 11.7. The molecule has 14 heavy (non-hydrogen) atoms. The molecule has 2 aliphatic rings. The summed E-state index contributed by atoms with van der Waals surface area (Å²) in [5, 5.41) is 2.85. The molecule has 1 aliphatic carbocycles. The average molecular weight is 228 g/mol. The highest BCUT2D eigenvalue weighted by molar-refractivity contribution is 5.85. The second-order valence-electron chi connectivity index (χ2n) is 3.59. The average Bonchev–Trinajstić information content (AvgIpc) is 2.65. The van der Waals surface area contributed by atoms with E-state index in [1.807, 2.05) is 0 Å². The lowest BCUT2D eigenvalue weighted by atomic mass is 9.96. The molecule has 2 unspecified atom stereocenters. The molecule has 0 amide bonds. The van der Waals surface area contributed by atoms with Crippen molar-refractivity contribution in [2.45, 2.75) is 12.3 Å². The largest absolute Gasteiger partial charge is 0.468 e. The Labute approximate surface area is 86.6 Å². The Balaban J connectivity index is 0.000000980. The zero-order chi connectivity index (χ0) is 9.69. The summed E-state index contributed by atoms with van der Waals surface area (Å²) in [5.41, 5.74) is -1.51. The third-order valence-corrected chi connectivity index (χ3v) is 3.14. The highest BCUT2D eigenvalue weighted by Gasteiger charge is 2.85. The minimum atomic E-state index is -2.87. The van der Waals surface area contributed by atoms with Crippen LogP contribution in [0.15, 0.2) is 0 Å². The molecule has 1 N–H and O–H groups in total. The smallest absolute Gasteiger partial charge is 0.318 e. The maximum atomic E-state index is 13.3. The van der Waals surface area contributed by atoms with Crippen LogP contribution in [-0.4, -0.2) is 32.1 Å². The second-order valence-corrected chi connectivity index (χ2v) is 3.59. The van der Waals surface area contributed by atoms with Crippen LogP contribution in [0.3, 0.4) is 0 Å². The SMILES string of the molecule is COC(=O)C12CCNCC1C2(F)F.Cl. The molecule has 82 valence electrons. The molecule has 0 spiro atoms. The maximum absolute atomic E-state index is 13.3. The predicted molar refractivity (Wildman–Crippen MR) is 47.6 cm³/mol. The molecular formula is C8H12ClF2NO2. The first-order valence-electron chi connectivity index (χ1n) is 4.24. The lowest BCUT2D eigenvalue weighted by Crippen LogP contribution is -2.34. The van der Waals surface area contributed by atoms with Crippen LogP contribution in [0, 0.1) is 11.3 Å². The van der Waals surface area contributed by atoms with Crippen molar-refractivity contribution < 1.29 is 18.3 Å². The van der Waals surface area contributed by atoms with Gasteiger partial charge in [0.1, 0.15) is 5.41 Å². The first-order chi connectivity index (χ1) is 6.07. The molecule has 1 heterocycles. The minimum Gasteiger partial charge on any atom is -0.468 e. The molecule has 1 saturated carbocycles. The molecule has 2 rings (SSSR count). The molecule has 1 aliphatic heterocycles. The number of carbonyl (C=O) groups is 1. The molecule has 2 fully saturated rings. The third-order valence-electron chi connectivity index (χ3n) is 3.14. The van der Waals surface area contributed by atoms with Crippen LogP contribution in [0.5, 0.6) is 0 Å². The zero-order valence-corrected chi connectivity index (χ0v) is 8.50. The number of hydrogen-bond donors (Lipinski definition) is 1. The normalized spacial score (nSPS) is 37.8. The van der Waals surface area contributed by atoms with E-state index in [0.29, 0.717) is 6.54 Å². The van der Waals surface area contributed by atoms with E-state index in [9.17, 15) is 13.6 Å². The van der Waals surface area contributed by atoms with E-state index in [1.165, 1.54) is 0 Å².